The number of anilines is 1. The summed E-state index contributed by atoms with van der Waals surface area (Å²) in [5.74, 6) is 0.354. The van der Waals surface area contributed by atoms with Gasteiger partial charge in [0.2, 0.25) is 0 Å². The average Bonchev–Trinajstić information content (AvgIpc) is 2.53. The zero-order valence-corrected chi connectivity index (χ0v) is 14.0. The molecule has 0 aliphatic carbocycles. The number of nitrogens with zero attached hydrogens (tertiary/aromatic N) is 2. The van der Waals surface area contributed by atoms with Crippen molar-refractivity contribution in [3.63, 3.8) is 0 Å². The number of pyridine rings is 2. The van der Waals surface area contributed by atoms with Gasteiger partial charge >= 0.3 is 0 Å². The number of hydrogen-bond acceptors (Lipinski definition) is 4. The van der Waals surface area contributed by atoms with E-state index in [1.165, 1.54) is 18.5 Å². The van der Waals surface area contributed by atoms with Gasteiger partial charge in [-0.3, -0.25) is 4.98 Å². The molecule has 0 amide bonds. The topological polar surface area (TPSA) is 59.1 Å². The smallest absolute Gasteiger partial charge is 0.186 e. The predicted molar refractivity (Wildman–Crippen MR) is 92.5 cm³/mol. The fraction of sp³-hybridized carbons (Fsp3) is 0.267. The molecule has 0 spiro atoms. The van der Waals surface area contributed by atoms with Crippen LogP contribution in [0.15, 0.2) is 30.6 Å². The molecule has 2 aromatic heterocycles. The van der Waals surface area contributed by atoms with Crippen LogP contribution in [0.1, 0.15) is 12.6 Å². The maximum Gasteiger partial charge on any atom is 0.186 e. The first kappa shape index (κ1) is 17.4. The lowest BCUT2D eigenvalue weighted by Crippen LogP contribution is -2.30. The van der Waals surface area contributed by atoms with E-state index in [2.05, 4.69) is 20.6 Å². The molecular weight excluding hydrogens is 339 g/mol. The molecule has 0 bridgehead atoms. The van der Waals surface area contributed by atoms with Crippen LogP contribution in [0.5, 0.6) is 5.75 Å². The molecule has 0 unspecified atom stereocenters. The second kappa shape index (κ2) is 8.59. The zero-order chi connectivity index (χ0) is 16.7. The third kappa shape index (κ3) is 5.30. The molecule has 0 atom stereocenters. The van der Waals surface area contributed by atoms with Crippen LogP contribution in [-0.2, 0) is 6.42 Å². The van der Waals surface area contributed by atoms with Gasteiger partial charge in [0.15, 0.2) is 16.7 Å². The molecule has 23 heavy (non-hydrogen) atoms. The molecule has 2 aromatic rings. The van der Waals surface area contributed by atoms with Crippen LogP contribution in [0.2, 0.25) is 5.02 Å². The van der Waals surface area contributed by atoms with Crippen LogP contribution in [-0.4, -0.2) is 28.2 Å². The van der Waals surface area contributed by atoms with Crippen LogP contribution in [0, 0.1) is 5.82 Å². The zero-order valence-electron chi connectivity index (χ0n) is 12.5. The minimum absolute atomic E-state index is 0.212. The molecule has 2 rings (SSSR count). The van der Waals surface area contributed by atoms with Crippen molar-refractivity contribution in [2.45, 2.75) is 13.3 Å². The molecule has 0 radical (unpaired) electrons. The summed E-state index contributed by atoms with van der Waals surface area (Å²) < 4.78 is 19.3. The van der Waals surface area contributed by atoms with Crippen molar-refractivity contribution in [2.75, 3.05) is 18.5 Å². The number of aromatic nitrogens is 2. The number of thiocarbonyl (C=S) groups is 1. The van der Waals surface area contributed by atoms with Crippen molar-refractivity contribution in [3.8, 4) is 5.75 Å². The summed E-state index contributed by atoms with van der Waals surface area (Å²) in [5, 5.41) is 6.82. The number of hydrogen-bond donors (Lipinski definition) is 2. The van der Waals surface area contributed by atoms with Gasteiger partial charge in [-0.15, -0.1) is 0 Å². The van der Waals surface area contributed by atoms with Gasteiger partial charge in [0.25, 0.3) is 0 Å². The summed E-state index contributed by atoms with van der Waals surface area (Å²) in [4.78, 5) is 8.10. The summed E-state index contributed by atoms with van der Waals surface area (Å²) in [7, 11) is 0. The largest absolute Gasteiger partial charge is 0.491 e. The molecule has 0 aliphatic heterocycles. The lowest BCUT2D eigenvalue weighted by Gasteiger charge is -2.11. The van der Waals surface area contributed by atoms with Gasteiger partial charge in [0, 0.05) is 31.4 Å². The van der Waals surface area contributed by atoms with Crippen molar-refractivity contribution in [1.82, 2.24) is 15.3 Å². The lowest BCUT2D eigenvalue weighted by atomic mass is 10.2. The van der Waals surface area contributed by atoms with E-state index in [-0.39, 0.29) is 5.75 Å². The maximum atomic E-state index is 14.1. The predicted octanol–water partition coefficient (Wildman–Crippen LogP) is 3.20. The van der Waals surface area contributed by atoms with Crippen molar-refractivity contribution in [1.29, 1.82) is 0 Å². The Bertz CT molecular complexity index is 669. The van der Waals surface area contributed by atoms with E-state index in [1.54, 1.807) is 19.1 Å². The Kier molecular flexibility index (Phi) is 6.49. The van der Waals surface area contributed by atoms with E-state index in [4.69, 9.17) is 28.6 Å². The van der Waals surface area contributed by atoms with Crippen LogP contribution >= 0.6 is 23.8 Å². The van der Waals surface area contributed by atoms with Gasteiger partial charge in [0.05, 0.1) is 17.3 Å². The molecule has 8 heteroatoms. The molecule has 0 saturated heterocycles. The van der Waals surface area contributed by atoms with Gasteiger partial charge in [0.1, 0.15) is 5.82 Å². The Hall–Kier alpha value is -1.99. The quantitative estimate of drug-likeness (QED) is 0.777. The number of ether oxygens (including phenoxy) is 1. The number of halogens is 2. The van der Waals surface area contributed by atoms with Gasteiger partial charge in [-0.25, -0.2) is 9.37 Å². The van der Waals surface area contributed by atoms with Crippen LogP contribution in [0.4, 0.5) is 10.2 Å². The van der Waals surface area contributed by atoms with E-state index in [9.17, 15) is 4.39 Å². The molecule has 0 saturated carbocycles. The Morgan fingerprint density at radius 3 is 2.87 bits per heavy atom. The van der Waals surface area contributed by atoms with Crippen LogP contribution in [0.3, 0.4) is 0 Å². The standard InChI is InChI=1S/C15H16ClFN4OS/c1-2-22-12-6-8-18-11(14(12)17)5-7-19-15(23)21-13-4-3-10(16)9-20-13/h3-4,6,8-9H,2,5,7H2,1H3,(H2,19,20,21,23). The Morgan fingerprint density at radius 2 is 2.17 bits per heavy atom. The molecule has 2 heterocycles. The average molecular weight is 355 g/mol. The van der Waals surface area contributed by atoms with E-state index in [0.29, 0.717) is 41.2 Å². The van der Waals surface area contributed by atoms with Gasteiger partial charge in [-0.05, 0) is 31.3 Å². The molecule has 5 nitrogen and oxygen atoms in total. The van der Waals surface area contributed by atoms with Crippen molar-refractivity contribution in [2.24, 2.45) is 0 Å². The number of nitrogens with one attached hydrogen (secondary N) is 2. The molecule has 0 fully saturated rings. The third-order valence-corrected chi connectivity index (χ3v) is 3.31. The van der Waals surface area contributed by atoms with E-state index < -0.39 is 5.82 Å². The minimum Gasteiger partial charge on any atom is -0.491 e. The highest BCUT2D eigenvalue weighted by Crippen LogP contribution is 2.18. The van der Waals surface area contributed by atoms with Gasteiger partial charge in [-0.1, -0.05) is 11.6 Å². The first-order chi connectivity index (χ1) is 11.1. The minimum atomic E-state index is -0.436. The first-order valence-electron chi connectivity index (χ1n) is 7.02. The van der Waals surface area contributed by atoms with Gasteiger partial charge < -0.3 is 15.4 Å². The summed E-state index contributed by atoms with van der Waals surface area (Å²) in [6.45, 7) is 2.63. The fourth-order valence-electron chi connectivity index (χ4n) is 1.81. The summed E-state index contributed by atoms with van der Waals surface area (Å²) in [5.41, 5.74) is 0.330. The molecular formula is C15H16ClFN4OS. The van der Waals surface area contributed by atoms with E-state index >= 15 is 0 Å². The summed E-state index contributed by atoms with van der Waals surface area (Å²) >= 11 is 10.9. The van der Waals surface area contributed by atoms with Gasteiger partial charge in [-0.2, -0.15) is 0 Å². The lowest BCUT2D eigenvalue weighted by molar-refractivity contribution is 0.319. The van der Waals surface area contributed by atoms with Crippen molar-refractivity contribution >= 4 is 34.7 Å². The molecule has 0 aliphatic rings. The van der Waals surface area contributed by atoms with E-state index in [0.717, 1.165) is 0 Å². The molecule has 122 valence electrons. The van der Waals surface area contributed by atoms with Crippen LogP contribution in [0.25, 0.3) is 0 Å². The fourth-order valence-corrected chi connectivity index (χ4v) is 2.13. The van der Waals surface area contributed by atoms with Crippen LogP contribution < -0.4 is 15.4 Å². The first-order valence-corrected chi connectivity index (χ1v) is 7.81. The summed E-state index contributed by atoms with van der Waals surface area (Å²) in [6.07, 6.45) is 3.42. The highest BCUT2D eigenvalue weighted by atomic mass is 35.5. The highest BCUT2D eigenvalue weighted by Gasteiger charge is 2.10. The van der Waals surface area contributed by atoms with Crippen molar-refractivity contribution < 1.29 is 9.13 Å². The van der Waals surface area contributed by atoms with E-state index in [1.807, 2.05) is 0 Å². The second-order valence-electron chi connectivity index (χ2n) is 4.50. The highest BCUT2D eigenvalue weighted by molar-refractivity contribution is 7.80. The molecule has 2 N–H and O–H groups in total. The third-order valence-electron chi connectivity index (χ3n) is 2.84. The van der Waals surface area contributed by atoms with Crippen molar-refractivity contribution in [3.05, 3.63) is 47.1 Å². The second-order valence-corrected chi connectivity index (χ2v) is 5.34. The Morgan fingerprint density at radius 1 is 1.35 bits per heavy atom. The Balaban J connectivity index is 1.83. The summed E-state index contributed by atoms with van der Waals surface area (Å²) in [6, 6.07) is 4.93. The molecule has 0 aromatic carbocycles. The number of rotatable bonds is 6. The normalized spacial score (nSPS) is 10.2. The SMILES string of the molecule is CCOc1ccnc(CCNC(=S)Nc2ccc(Cl)cn2)c1F. The Labute approximate surface area is 144 Å². The monoisotopic (exact) mass is 354 g/mol. The maximum absolute atomic E-state index is 14.1.